The number of carbonyl (C=O) groups excluding carboxylic acids is 1. The van der Waals surface area contributed by atoms with Crippen molar-refractivity contribution in [2.75, 3.05) is 7.11 Å². The minimum absolute atomic E-state index is 0.0370. The van der Waals surface area contributed by atoms with Crippen LogP contribution in [0.4, 0.5) is 0 Å². The number of nitrogens with zero attached hydrogens (tertiary/aromatic N) is 1. The number of para-hydroxylation sites is 1. The van der Waals surface area contributed by atoms with E-state index in [4.69, 9.17) is 4.74 Å². The number of methoxy groups -OCH3 is 1. The number of aromatic hydroxyl groups is 1. The first-order chi connectivity index (χ1) is 12.7. The molecule has 0 saturated carbocycles. The summed E-state index contributed by atoms with van der Waals surface area (Å²) < 4.78 is 5.43. The Bertz CT molecular complexity index is 844. The van der Waals surface area contributed by atoms with Crippen LogP contribution in [0, 0.1) is 0 Å². The van der Waals surface area contributed by atoms with Gasteiger partial charge in [0.15, 0.2) is 0 Å². The molecule has 0 atom stereocenters. The predicted octanol–water partition coefficient (Wildman–Crippen LogP) is 4.23. The second-order valence-electron chi connectivity index (χ2n) is 5.98. The van der Waals surface area contributed by atoms with Gasteiger partial charge < -0.3 is 14.7 Å². The maximum absolute atomic E-state index is 13.0. The molecule has 134 valence electrons. The van der Waals surface area contributed by atoms with Gasteiger partial charge in [-0.2, -0.15) is 0 Å². The van der Waals surface area contributed by atoms with E-state index in [1.54, 1.807) is 42.7 Å². The van der Waals surface area contributed by atoms with Gasteiger partial charge in [-0.25, -0.2) is 0 Å². The first-order valence-corrected chi connectivity index (χ1v) is 9.23. The van der Waals surface area contributed by atoms with Gasteiger partial charge in [0.1, 0.15) is 11.5 Å². The molecule has 1 amide bonds. The number of phenolic OH excluding ortho intramolecular Hbond substituents is 1. The predicted molar refractivity (Wildman–Crippen MR) is 103 cm³/mol. The maximum atomic E-state index is 13.0. The van der Waals surface area contributed by atoms with E-state index in [1.165, 1.54) is 0 Å². The highest BCUT2D eigenvalue weighted by atomic mass is 32.1. The van der Waals surface area contributed by atoms with E-state index in [0.29, 0.717) is 19.5 Å². The molecule has 0 unspecified atom stereocenters. The van der Waals surface area contributed by atoms with Crippen LogP contribution in [0.2, 0.25) is 0 Å². The Morgan fingerprint density at radius 3 is 2.50 bits per heavy atom. The van der Waals surface area contributed by atoms with Crippen molar-refractivity contribution in [3.63, 3.8) is 0 Å². The van der Waals surface area contributed by atoms with Gasteiger partial charge in [-0.05, 0) is 35.2 Å². The van der Waals surface area contributed by atoms with Crippen molar-refractivity contribution in [2.45, 2.75) is 19.5 Å². The molecule has 0 aliphatic heterocycles. The summed E-state index contributed by atoms with van der Waals surface area (Å²) in [5.74, 6) is 1.02. The Balaban J connectivity index is 1.80. The number of carbonyl (C=O) groups is 1. The van der Waals surface area contributed by atoms with E-state index in [2.05, 4.69) is 0 Å². The van der Waals surface area contributed by atoms with E-state index in [0.717, 1.165) is 21.8 Å². The van der Waals surface area contributed by atoms with Crippen LogP contribution in [-0.2, 0) is 24.3 Å². The number of thiophene rings is 1. The topological polar surface area (TPSA) is 49.8 Å². The zero-order valence-electron chi connectivity index (χ0n) is 14.6. The molecule has 5 heteroatoms. The summed E-state index contributed by atoms with van der Waals surface area (Å²) >= 11 is 1.64. The van der Waals surface area contributed by atoms with Crippen LogP contribution in [0.3, 0.4) is 0 Å². The second-order valence-corrected chi connectivity index (χ2v) is 7.02. The van der Waals surface area contributed by atoms with Gasteiger partial charge in [0.2, 0.25) is 5.91 Å². The third-order valence-electron chi connectivity index (χ3n) is 4.12. The van der Waals surface area contributed by atoms with Crippen molar-refractivity contribution < 1.29 is 14.6 Å². The summed E-state index contributed by atoms with van der Waals surface area (Å²) in [5, 5.41) is 11.4. The van der Waals surface area contributed by atoms with Crippen LogP contribution < -0.4 is 4.74 Å². The zero-order chi connectivity index (χ0) is 18.4. The van der Waals surface area contributed by atoms with Gasteiger partial charge >= 0.3 is 0 Å². The number of benzene rings is 2. The number of hydrogen-bond donors (Lipinski definition) is 1. The lowest BCUT2D eigenvalue weighted by Gasteiger charge is -2.23. The maximum Gasteiger partial charge on any atom is 0.227 e. The van der Waals surface area contributed by atoms with Crippen LogP contribution in [0.15, 0.2) is 66.0 Å². The van der Waals surface area contributed by atoms with Crippen molar-refractivity contribution >= 4 is 17.2 Å². The molecular formula is C21H21NO3S. The van der Waals surface area contributed by atoms with Crippen molar-refractivity contribution in [2.24, 2.45) is 0 Å². The van der Waals surface area contributed by atoms with Gasteiger partial charge in [0.05, 0.1) is 20.1 Å². The van der Waals surface area contributed by atoms with Crippen molar-refractivity contribution in [1.29, 1.82) is 0 Å². The summed E-state index contributed by atoms with van der Waals surface area (Å²) in [6.45, 7) is 1.05. The van der Waals surface area contributed by atoms with E-state index < -0.39 is 0 Å². The summed E-state index contributed by atoms with van der Waals surface area (Å²) in [6.07, 6.45) is 0.292. The fourth-order valence-corrected chi connectivity index (χ4v) is 3.48. The molecule has 2 aromatic carbocycles. The Labute approximate surface area is 157 Å². The van der Waals surface area contributed by atoms with Crippen molar-refractivity contribution in [3.05, 3.63) is 82.0 Å². The van der Waals surface area contributed by atoms with Gasteiger partial charge in [0.25, 0.3) is 0 Å². The Morgan fingerprint density at radius 2 is 1.81 bits per heavy atom. The van der Waals surface area contributed by atoms with Crippen LogP contribution in [0.5, 0.6) is 11.5 Å². The van der Waals surface area contributed by atoms with Crippen LogP contribution in [-0.4, -0.2) is 23.0 Å². The highest BCUT2D eigenvalue weighted by molar-refractivity contribution is 7.09. The molecule has 0 saturated heterocycles. The normalized spacial score (nSPS) is 10.5. The van der Waals surface area contributed by atoms with Crippen LogP contribution in [0.1, 0.15) is 16.0 Å². The smallest absolute Gasteiger partial charge is 0.227 e. The number of hydrogen-bond acceptors (Lipinski definition) is 4. The molecule has 0 bridgehead atoms. The highest BCUT2D eigenvalue weighted by Gasteiger charge is 2.17. The minimum atomic E-state index is 0.0370. The highest BCUT2D eigenvalue weighted by Crippen LogP contribution is 2.22. The number of phenols is 1. The molecule has 0 aliphatic rings. The molecule has 26 heavy (non-hydrogen) atoms. The third kappa shape index (κ3) is 4.64. The van der Waals surface area contributed by atoms with Crippen molar-refractivity contribution in [1.82, 2.24) is 4.90 Å². The van der Waals surface area contributed by atoms with E-state index in [-0.39, 0.29) is 11.7 Å². The lowest BCUT2D eigenvalue weighted by Crippen LogP contribution is -2.31. The second kappa shape index (κ2) is 8.54. The van der Waals surface area contributed by atoms with Gasteiger partial charge in [-0.3, -0.25) is 4.79 Å². The van der Waals surface area contributed by atoms with Crippen LogP contribution in [0.25, 0.3) is 0 Å². The molecule has 1 N–H and O–H groups in total. The standard InChI is InChI=1S/C21H21NO3S/c1-25-20-7-3-2-5-17(20)14-22(15-19-6-4-12-26-19)21(24)13-16-8-10-18(23)11-9-16/h2-12,23H,13-15H2,1H3. The lowest BCUT2D eigenvalue weighted by atomic mass is 10.1. The summed E-state index contributed by atoms with van der Waals surface area (Å²) in [7, 11) is 1.64. The quantitative estimate of drug-likeness (QED) is 0.680. The third-order valence-corrected chi connectivity index (χ3v) is 4.99. The Kier molecular flexibility index (Phi) is 5.92. The molecule has 1 heterocycles. The largest absolute Gasteiger partial charge is 0.508 e. The van der Waals surface area contributed by atoms with E-state index in [1.807, 2.05) is 46.7 Å². The molecule has 0 fully saturated rings. The first-order valence-electron chi connectivity index (χ1n) is 8.35. The fourth-order valence-electron chi connectivity index (χ4n) is 2.76. The number of amides is 1. The van der Waals surface area contributed by atoms with Gasteiger partial charge in [-0.1, -0.05) is 36.4 Å². The van der Waals surface area contributed by atoms with Crippen LogP contribution >= 0.6 is 11.3 Å². The molecule has 0 aliphatic carbocycles. The molecule has 4 nitrogen and oxygen atoms in total. The molecule has 1 aromatic heterocycles. The molecule has 3 rings (SSSR count). The van der Waals surface area contributed by atoms with E-state index >= 15 is 0 Å². The molecule has 0 radical (unpaired) electrons. The SMILES string of the molecule is COc1ccccc1CN(Cc1cccs1)C(=O)Cc1ccc(O)cc1. The monoisotopic (exact) mass is 367 g/mol. The minimum Gasteiger partial charge on any atom is -0.508 e. The summed E-state index contributed by atoms with van der Waals surface area (Å²) in [6, 6.07) is 18.5. The van der Waals surface area contributed by atoms with Gasteiger partial charge in [0, 0.05) is 17.0 Å². The Hall–Kier alpha value is -2.79. The zero-order valence-corrected chi connectivity index (χ0v) is 15.4. The molecule has 0 spiro atoms. The average Bonchev–Trinajstić information content (AvgIpc) is 3.16. The van der Waals surface area contributed by atoms with Gasteiger partial charge in [-0.15, -0.1) is 11.3 Å². The summed E-state index contributed by atoms with van der Waals surface area (Å²) in [4.78, 5) is 15.9. The first kappa shape index (κ1) is 18.0. The number of rotatable bonds is 7. The average molecular weight is 367 g/mol. The fraction of sp³-hybridized carbons (Fsp3) is 0.190. The Morgan fingerprint density at radius 1 is 1.04 bits per heavy atom. The number of ether oxygens (including phenoxy) is 1. The van der Waals surface area contributed by atoms with E-state index in [9.17, 15) is 9.90 Å². The summed E-state index contributed by atoms with van der Waals surface area (Å²) in [5.41, 5.74) is 1.86. The molecule has 3 aromatic rings. The lowest BCUT2D eigenvalue weighted by molar-refractivity contribution is -0.131. The van der Waals surface area contributed by atoms with Crippen molar-refractivity contribution in [3.8, 4) is 11.5 Å². The molecular weight excluding hydrogens is 346 g/mol.